The van der Waals surface area contributed by atoms with E-state index < -0.39 is 0 Å². The lowest BCUT2D eigenvalue weighted by atomic mass is 9.92. The first kappa shape index (κ1) is 13.2. The first-order valence-corrected chi connectivity index (χ1v) is 5.83. The van der Waals surface area contributed by atoms with Gasteiger partial charge >= 0.3 is 0 Å². The van der Waals surface area contributed by atoms with Gasteiger partial charge in [-0.1, -0.05) is 32.0 Å². The van der Waals surface area contributed by atoms with E-state index in [0.29, 0.717) is 5.92 Å². The van der Waals surface area contributed by atoms with Crippen LogP contribution in [0.2, 0.25) is 0 Å². The molecule has 0 fully saturated rings. The van der Waals surface area contributed by atoms with Gasteiger partial charge in [-0.05, 0) is 36.5 Å². The van der Waals surface area contributed by atoms with E-state index in [-0.39, 0.29) is 12.1 Å². The third-order valence-corrected chi connectivity index (χ3v) is 3.20. The summed E-state index contributed by atoms with van der Waals surface area (Å²) in [5.74, 6) is 0.418. The molecule has 1 aromatic rings. The Labute approximate surface area is 98.8 Å². The Bertz CT molecular complexity index is 347. The van der Waals surface area contributed by atoms with Crippen LogP contribution >= 0.6 is 0 Å². The van der Waals surface area contributed by atoms with E-state index in [9.17, 15) is 0 Å². The standard InChI is InChI=1S/C14H23NO/c1-9(2)14(16-5)13(15)12-7-6-10(3)11(4)8-12/h6-9,13-14H,15H2,1-5H3. The molecule has 0 saturated carbocycles. The molecule has 90 valence electrons. The Hall–Kier alpha value is -0.860. The van der Waals surface area contributed by atoms with Gasteiger partial charge in [0, 0.05) is 7.11 Å². The van der Waals surface area contributed by atoms with Crippen LogP contribution in [0, 0.1) is 19.8 Å². The van der Waals surface area contributed by atoms with Gasteiger partial charge < -0.3 is 10.5 Å². The van der Waals surface area contributed by atoms with Crippen molar-refractivity contribution in [2.45, 2.75) is 39.8 Å². The molecule has 16 heavy (non-hydrogen) atoms. The highest BCUT2D eigenvalue weighted by molar-refractivity contribution is 5.32. The quantitative estimate of drug-likeness (QED) is 0.848. The van der Waals surface area contributed by atoms with Gasteiger partial charge in [0.2, 0.25) is 0 Å². The highest BCUT2D eigenvalue weighted by Gasteiger charge is 2.22. The minimum atomic E-state index is -0.0516. The fourth-order valence-electron chi connectivity index (χ4n) is 2.00. The van der Waals surface area contributed by atoms with Crippen LogP contribution in [0.3, 0.4) is 0 Å². The van der Waals surface area contributed by atoms with Crippen LogP contribution in [-0.4, -0.2) is 13.2 Å². The number of nitrogens with two attached hydrogens (primary N) is 1. The Kier molecular flexibility index (Phi) is 4.51. The fourth-order valence-corrected chi connectivity index (χ4v) is 2.00. The summed E-state index contributed by atoms with van der Waals surface area (Å²) in [5, 5.41) is 0. The summed E-state index contributed by atoms with van der Waals surface area (Å²) in [6, 6.07) is 6.33. The maximum atomic E-state index is 6.24. The molecule has 2 atom stereocenters. The van der Waals surface area contributed by atoms with Gasteiger partial charge in [0.05, 0.1) is 12.1 Å². The Morgan fingerprint density at radius 3 is 2.19 bits per heavy atom. The van der Waals surface area contributed by atoms with Crippen molar-refractivity contribution in [2.24, 2.45) is 11.7 Å². The molecule has 2 heteroatoms. The van der Waals surface area contributed by atoms with Gasteiger partial charge in [-0.25, -0.2) is 0 Å². The van der Waals surface area contributed by atoms with Crippen molar-refractivity contribution >= 4 is 0 Å². The molecule has 0 aliphatic carbocycles. The van der Waals surface area contributed by atoms with Crippen molar-refractivity contribution < 1.29 is 4.74 Å². The summed E-state index contributed by atoms with van der Waals surface area (Å²) in [4.78, 5) is 0. The summed E-state index contributed by atoms with van der Waals surface area (Å²) >= 11 is 0. The van der Waals surface area contributed by atoms with E-state index in [0.717, 1.165) is 5.56 Å². The first-order chi connectivity index (χ1) is 7.47. The van der Waals surface area contributed by atoms with E-state index in [2.05, 4.69) is 45.9 Å². The molecule has 0 bridgehead atoms. The Morgan fingerprint density at radius 2 is 1.75 bits per heavy atom. The van der Waals surface area contributed by atoms with Crippen molar-refractivity contribution in [1.82, 2.24) is 0 Å². The van der Waals surface area contributed by atoms with E-state index in [1.54, 1.807) is 7.11 Å². The molecule has 0 heterocycles. The predicted molar refractivity (Wildman–Crippen MR) is 68.5 cm³/mol. The molecule has 1 aromatic carbocycles. The molecule has 0 aromatic heterocycles. The largest absolute Gasteiger partial charge is 0.379 e. The lowest BCUT2D eigenvalue weighted by Gasteiger charge is -2.26. The van der Waals surface area contributed by atoms with Gasteiger partial charge in [-0.3, -0.25) is 0 Å². The molecule has 2 unspecified atom stereocenters. The summed E-state index contributed by atoms with van der Waals surface area (Å²) in [6.45, 7) is 8.49. The smallest absolute Gasteiger partial charge is 0.0786 e. The number of methoxy groups -OCH3 is 1. The molecule has 0 saturated heterocycles. The third-order valence-electron chi connectivity index (χ3n) is 3.20. The predicted octanol–water partition coefficient (Wildman–Crippen LogP) is 2.97. The Morgan fingerprint density at radius 1 is 1.12 bits per heavy atom. The fraction of sp³-hybridized carbons (Fsp3) is 0.571. The summed E-state index contributed by atoms with van der Waals surface area (Å²) < 4.78 is 5.47. The molecule has 2 nitrogen and oxygen atoms in total. The van der Waals surface area contributed by atoms with E-state index >= 15 is 0 Å². The van der Waals surface area contributed by atoms with Crippen LogP contribution in [-0.2, 0) is 4.74 Å². The van der Waals surface area contributed by atoms with Crippen molar-refractivity contribution in [3.05, 3.63) is 34.9 Å². The normalized spacial score (nSPS) is 15.2. The second-order valence-corrected chi connectivity index (χ2v) is 4.81. The van der Waals surface area contributed by atoms with Gasteiger partial charge in [0.15, 0.2) is 0 Å². The maximum absolute atomic E-state index is 6.24. The van der Waals surface area contributed by atoms with Crippen molar-refractivity contribution in [3.63, 3.8) is 0 Å². The van der Waals surface area contributed by atoms with Gasteiger partial charge in [0.25, 0.3) is 0 Å². The van der Waals surface area contributed by atoms with Gasteiger partial charge in [0.1, 0.15) is 0 Å². The minimum absolute atomic E-state index is 0.0516. The third kappa shape index (κ3) is 2.83. The van der Waals surface area contributed by atoms with Crippen LogP contribution in [0.4, 0.5) is 0 Å². The zero-order chi connectivity index (χ0) is 12.3. The lowest BCUT2D eigenvalue weighted by molar-refractivity contribution is 0.0437. The number of hydrogen-bond acceptors (Lipinski definition) is 2. The zero-order valence-electron chi connectivity index (χ0n) is 10.9. The second-order valence-electron chi connectivity index (χ2n) is 4.81. The van der Waals surface area contributed by atoms with Gasteiger partial charge in [-0.15, -0.1) is 0 Å². The monoisotopic (exact) mass is 221 g/mol. The number of ether oxygens (including phenoxy) is 1. The summed E-state index contributed by atoms with van der Waals surface area (Å²) in [7, 11) is 1.73. The summed E-state index contributed by atoms with van der Waals surface area (Å²) in [5.41, 5.74) is 9.99. The molecular weight excluding hydrogens is 198 g/mol. The summed E-state index contributed by atoms with van der Waals surface area (Å²) in [6.07, 6.45) is 0.0714. The van der Waals surface area contributed by atoms with Crippen LogP contribution in [0.25, 0.3) is 0 Å². The van der Waals surface area contributed by atoms with Crippen molar-refractivity contribution in [1.29, 1.82) is 0 Å². The lowest BCUT2D eigenvalue weighted by Crippen LogP contribution is -2.32. The van der Waals surface area contributed by atoms with Crippen LogP contribution < -0.4 is 5.73 Å². The molecule has 1 rings (SSSR count). The highest BCUT2D eigenvalue weighted by atomic mass is 16.5. The number of rotatable bonds is 4. The Balaban J connectivity index is 2.94. The second kappa shape index (κ2) is 5.46. The maximum Gasteiger partial charge on any atom is 0.0786 e. The SMILES string of the molecule is COC(C(C)C)C(N)c1ccc(C)c(C)c1. The van der Waals surface area contributed by atoms with E-state index in [1.165, 1.54) is 11.1 Å². The molecule has 0 spiro atoms. The molecule has 0 radical (unpaired) electrons. The van der Waals surface area contributed by atoms with Gasteiger partial charge in [-0.2, -0.15) is 0 Å². The zero-order valence-corrected chi connectivity index (χ0v) is 10.9. The van der Waals surface area contributed by atoms with E-state index in [1.807, 2.05) is 0 Å². The molecule has 2 N–H and O–H groups in total. The number of hydrogen-bond donors (Lipinski definition) is 1. The highest BCUT2D eigenvalue weighted by Crippen LogP contribution is 2.23. The average Bonchev–Trinajstić information content (AvgIpc) is 2.22. The number of aryl methyl sites for hydroxylation is 2. The molecule has 0 amide bonds. The first-order valence-electron chi connectivity index (χ1n) is 5.83. The molecule has 0 aliphatic heterocycles. The van der Waals surface area contributed by atoms with Crippen LogP contribution in [0.5, 0.6) is 0 Å². The number of benzene rings is 1. The average molecular weight is 221 g/mol. The molecular formula is C14H23NO. The van der Waals surface area contributed by atoms with Crippen molar-refractivity contribution in [3.8, 4) is 0 Å². The van der Waals surface area contributed by atoms with E-state index in [4.69, 9.17) is 10.5 Å². The van der Waals surface area contributed by atoms with Crippen molar-refractivity contribution in [2.75, 3.05) is 7.11 Å². The molecule has 0 aliphatic rings. The minimum Gasteiger partial charge on any atom is -0.379 e. The topological polar surface area (TPSA) is 35.2 Å². The van der Waals surface area contributed by atoms with Crippen LogP contribution in [0.1, 0.15) is 36.6 Å². The van der Waals surface area contributed by atoms with Crippen LogP contribution in [0.15, 0.2) is 18.2 Å².